The van der Waals surface area contributed by atoms with Gasteiger partial charge in [0.2, 0.25) is 0 Å². The summed E-state index contributed by atoms with van der Waals surface area (Å²) in [6.45, 7) is 6.37. The fraction of sp³-hybridized carbons (Fsp3) is 1.00. The molecule has 3 nitrogen and oxygen atoms in total. The minimum Gasteiger partial charge on any atom is -0.379 e. The van der Waals surface area contributed by atoms with Crippen LogP contribution in [-0.2, 0) is 4.74 Å². The Balaban J connectivity index is 2.21. The molecule has 14 heavy (non-hydrogen) atoms. The van der Waals surface area contributed by atoms with Gasteiger partial charge >= 0.3 is 0 Å². The van der Waals surface area contributed by atoms with Crippen LogP contribution in [0.1, 0.15) is 26.2 Å². The van der Waals surface area contributed by atoms with Gasteiger partial charge in [-0.25, -0.2) is 0 Å². The molecule has 0 amide bonds. The van der Waals surface area contributed by atoms with Gasteiger partial charge in [-0.1, -0.05) is 13.3 Å². The number of ether oxygens (including phenoxy) is 1. The van der Waals surface area contributed by atoms with E-state index in [1.165, 1.54) is 32.4 Å². The molecule has 1 aliphatic rings. The molecule has 1 aliphatic heterocycles. The lowest BCUT2D eigenvalue weighted by molar-refractivity contribution is 0.0763. The lowest BCUT2D eigenvalue weighted by Gasteiger charge is -2.21. The van der Waals surface area contributed by atoms with E-state index in [1.54, 1.807) is 7.11 Å². The predicted molar refractivity (Wildman–Crippen MR) is 59.3 cm³/mol. The highest BCUT2D eigenvalue weighted by molar-refractivity contribution is 4.77. The molecule has 2 unspecified atom stereocenters. The van der Waals surface area contributed by atoms with Gasteiger partial charge in [0.15, 0.2) is 0 Å². The van der Waals surface area contributed by atoms with Crippen LogP contribution in [0.3, 0.4) is 0 Å². The molecule has 1 rings (SSSR count). The molecule has 0 aliphatic carbocycles. The van der Waals surface area contributed by atoms with Crippen LogP contribution >= 0.6 is 0 Å². The third kappa shape index (κ3) is 3.56. The fourth-order valence-electron chi connectivity index (χ4n) is 2.26. The van der Waals surface area contributed by atoms with Crippen LogP contribution in [0.4, 0.5) is 0 Å². The Bertz CT molecular complexity index is 148. The maximum absolute atomic E-state index is 5.60. The first kappa shape index (κ1) is 12.0. The molecule has 0 aromatic carbocycles. The summed E-state index contributed by atoms with van der Waals surface area (Å²) in [6.07, 6.45) is 4.25. The first-order valence-electron chi connectivity index (χ1n) is 5.75. The molecule has 1 fully saturated rings. The Hall–Kier alpha value is -0.120. The van der Waals surface area contributed by atoms with Crippen LogP contribution in [0, 0.1) is 5.92 Å². The molecule has 84 valence electrons. The summed E-state index contributed by atoms with van der Waals surface area (Å²) in [5.41, 5.74) is 5.60. The van der Waals surface area contributed by atoms with Crippen molar-refractivity contribution in [2.45, 2.75) is 32.3 Å². The molecule has 1 heterocycles. The van der Waals surface area contributed by atoms with Crippen LogP contribution in [0.25, 0.3) is 0 Å². The number of hydrogen-bond acceptors (Lipinski definition) is 3. The SMILES string of the molecule is CCCC1CCN(CC(CN)OC)C1. The minimum atomic E-state index is 0.218. The highest BCUT2D eigenvalue weighted by Gasteiger charge is 2.23. The average molecular weight is 200 g/mol. The molecule has 0 aromatic heterocycles. The van der Waals surface area contributed by atoms with Crippen molar-refractivity contribution in [1.29, 1.82) is 0 Å². The van der Waals surface area contributed by atoms with E-state index in [-0.39, 0.29) is 6.10 Å². The minimum absolute atomic E-state index is 0.218. The van der Waals surface area contributed by atoms with E-state index in [0.717, 1.165) is 12.5 Å². The Morgan fingerprint density at radius 2 is 2.36 bits per heavy atom. The first-order chi connectivity index (χ1) is 6.80. The van der Waals surface area contributed by atoms with Crippen molar-refractivity contribution in [2.24, 2.45) is 11.7 Å². The van der Waals surface area contributed by atoms with Crippen molar-refractivity contribution in [3.8, 4) is 0 Å². The van der Waals surface area contributed by atoms with Crippen molar-refractivity contribution in [1.82, 2.24) is 4.90 Å². The van der Waals surface area contributed by atoms with Gasteiger partial charge in [-0.2, -0.15) is 0 Å². The van der Waals surface area contributed by atoms with Gasteiger partial charge in [0.1, 0.15) is 0 Å². The zero-order valence-corrected chi connectivity index (χ0v) is 9.54. The van der Waals surface area contributed by atoms with Crippen LogP contribution in [0.5, 0.6) is 0 Å². The molecular formula is C11H24N2O. The topological polar surface area (TPSA) is 38.5 Å². The van der Waals surface area contributed by atoms with Crippen molar-refractivity contribution >= 4 is 0 Å². The van der Waals surface area contributed by atoms with Gasteiger partial charge in [0.05, 0.1) is 6.10 Å². The second kappa shape index (κ2) is 6.38. The van der Waals surface area contributed by atoms with E-state index in [2.05, 4.69) is 11.8 Å². The Morgan fingerprint density at radius 1 is 1.57 bits per heavy atom. The van der Waals surface area contributed by atoms with Crippen molar-refractivity contribution in [3.05, 3.63) is 0 Å². The number of rotatable bonds is 6. The molecule has 0 radical (unpaired) electrons. The van der Waals surface area contributed by atoms with Gasteiger partial charge in [-0.15, -0.1) is 0 Å². The fourth-order valence-corrected chi connectivity index (χ4v) is 2.26. The summed E-state index contributed by atoms with van der Waals surface area (Å²) in [6, 6.07) is 0. The average Bonchev–Trinajstić information content (AvgIpc) is 2.63. The molecule has 3 heteroatoms. The normalized spacial score (nSPS) is 25.5. The second-order valence-corrected chi connectivity index (χ2v) is 4.30. The Kier molecular flexibility index (Phi) is 5.45. The molecule has 2 N–H and O–H groups in total. The Labute approximate surface area is 87.6 Å². The van der Waals surface area contributed by atoms with Crippen LogP contribution < -0.4 is 5.73 Å². The first-order valence-corrected chi connectivity index (χ1v) is 5.75. The molecule has 0 saturated carbocycles. The van der Waals surface area contributed by atoms with E-state index >= 15 is 0 Å². The van der Waals surface area contributed by atoms with Crippen molar-refractivity contribution in [2.75, 3.05) is 33.3 Å². The van der Waals surface area contributed by atoms with Gasteiger partial charge in [-0.05, 0) is 25.3 Å². The summed E-state index contributed by atoms with van der Waals surface area (Å²) in [4.78, 5) is 2.49. The van der Waals surface area contributed by atoms with E-state index in [4.69, 9.17) is 10.5 Å². The highest BCUT2D eigenvalue weighted by atomic mass is 16.5. The number of nitrogens with zero attached hydrogens (tertiary/aromatic N) is 1. The summed E-state index contributed by atoms with van der Waals surface area (Å²) in [7, 11) is 1.75. The van der Waals surface area contributed by atoms with Gasteiger partial charge < -0.3 is 15.4 Å². The smallest absolute Gasteiger partial charge is 0.0820 e. The second-order valence-electron chi connectivity index (χ2n) is 4.30. The van der Waals surface area contributed by atoms with Gasteiger partial charge in [-0.3, -0.25) is 0 Å². The maximum atomic E-state index is 5.60. The monoisotopic (exact) mass is 200 g/mol. The molecule has 2 atom stereocenters. The quantitative estimate of drug-likeness (QED) is 0.697. The lowest BCUT2D eigenvalue weighted by atomic mass is 10.0. The van der Waals surface area contributed by atoms with Gasteiger partial charge in [0.25, 0.3) is 0 Å². The third-order valence-electron chi connectivity index (χ3n) is 3.12. The zero-order chi connectivity index (χ0) is 10.4. The van der Waals surface area contributed by atoms with Crippen molar-refractivity contribution in [3.63, 3.8) is 0 Å². The standard InChI is InChI=1S/C11H24N2O/c1-3-4-10-5-6-13(8-10)9-11(7-12)14-2/h10-11H,3-9,12H2,1-2H3. The van der Waals surface area contributed by atoms with Crippen LogP contribution in [0.15, 0.2) is 0 Å². The van der Waals surface area contributed by atoms with Crippen LogP contribution in [-0.4, -0.2) is 44.3 Å². The summed E-state index contributed by atoms with van der Waals surface area (Å²) in [5.74, 6) is 0.912. The zero-order valence-electron chi connectivity index (χ0n) is 9.54. The van der Waals surface area contributed by atoms with E-state index in [9.17, 15) is 0 Å². The van der Waals surface area contributed by atoms with Crippen molar-refractivity contribution < 1.29 is 4.74 Å². The van der Waals surface area contributed by atoms with Crippen LogP contribution in [0.2, 0.25) is 0 Å². The lowest BCUT2D eigenvalue weighted by Crippen LogP contribution is -2.36. The summed E-state index contributed by atoms with van der Waals surface area (Å²) in [5, 5.41) is 0. The number of likely N-dealkylation sites (tertiary alicyclic amines) is 1. The van der Waals surface area contributed by atoms with E-state index < -0.39 is 0 Å². The molecule has 0 bridgehead atoms. The summed E-state index contributed by atoms with van der Waals surface area (Å²) >= 11 is 0. The van der Waals surface area contributed by atoms with E-state index in [0.29, 0.717) is 6.54 Å². The Morgan fingerprint density at radius 3 is 2.93 bits per heavy atom. The molecule has 0 aromatic rings. The molecular weight excluding hydrogens is 176 g/mol. The number of methoxy groups -OCH3 is 1. The summed E-state index contributed by atoms with van der Waals surface area (Å²) < 4.78 is 5.29. The van der Waals surface area contributed by atoms with E-state index in [1.807, 2.05) is 0 Å². The maximum Gasteiger partial charge on any atom is 0.0820 e. The molecule has 1 saturated heterocycles. The molecule has 0 spiro atoms. The number of hydrogen-bond donors (Lipinski definition) is 1. The largest absolute Gasteiger partial charge is 0.379 e. The third-order valence-corrected chi connectivity index (χ3v) is 3.12. The predicted octanol–water partition coefficient (Wildman–Crippen LogP) is 1.08. The van der Waals surface area contributed by atoms with Gasteiger partial charge in [0, 0.05) is 26.7 Å². The highest BCUT2D eigenvalue weighted by Crippen LogP contribution is 2.20. The number of nitrogens with two attached hydrogens (primary N) is 1.